The van der Waals surface area contributed by atoms with E-state index >= 15 is 0 Å². The van der Waals surface area contributed by atoms with Gasteiger partial charge in [-0.2, -0.15) is 0 Å². The first-order chi connectivity index (χ1) is 7.72. The highest BCUT2D eigenvalue weighted by Gasteiger charge is 2.16. The van der Waals surface area contributed by atoms with Crippen LogP contribution in [0.15, 0.2) is 17.0 Å². The molecule has 3 nitrogen and oxygen atoms in total. The van der Waals surface area contributed by atoms with E-state index in [1.165, 1.54) is 7.11 Å². The lowest BCUT2D eigenvalue weighted by Gasteiger charge is -2.11. The molecule has 16 heavy (non-hydrogen) atoms. The maximum absolute atomic E-state index is 11.5. The van der Waals surface area contributed by atoms with E-state index in [-0.39, 0.29) is 5.97 Å². The summed E-state index contributed by atoms with van der Waals surface area (Å²) in [5, 5.41) is 0. The summed E-state index contributed by atoms with van der Waals surface area (Å²) in [5.74, 6) is 1.64. The number of aryl methyl sites for hydroxylation is 1. The van der Waals surface area contributed by atoms with Gasteiger partial charge in [0.15, 0.2) is 0 Å². The van der Waals surface area contributed by atoms with Crippen LogP contribution in [0.4, 0.5) is 0 Å². The molecule has 1 aromatic carbocycles. The lowest BCUT2D eigenvalue weighted by Crippen LogP contribution is -2.03. The van der Waals surface area contributed by atoms with Gasteiger partial charge in [0.1, 0.15) is 5.75 Å². The van der Waals surface area contributed by atoms with Crippen LogP contribution in [-0.2, 0) is 4.74 Å². The van der Waals surface area contributed by atoms with E-state index < -0.39 is 0 Å². The van der Waals surface area contributed by atoms with Crippen LogP contribution >= 0.6 is 11.8 Å². The number of methoxy groups -OCH3 is 1. The molecule has 0 unspecified atom stereocenters. The van der Waals surface area contributed by atoms with Gasteiger partial charge in [-0.3, -0.25) is 0 Å². The topological polar surface area (TPSA) is 35.5 Å². The Hall–Kier alpha value is -1.16. The monoisotopic (exact) mass is 238 g/mol. The zero-order valence-electron chi connectivity index (χ0n) is 9.41. The molecule has 0 saturated carbocycles. The van der Waals surface area contributed by atoms with E-state index in [1.54, 1.807) is 11.8 Å². The molecule has 1 aromatic rings. The summed E-state index contributed by atoms with van der Waals surface area (Å²) in [4.78, 5) is 12.5. The van der Waals surface area contributed by atoms with Crippen molar-refractivity contribution in [1.29, 1.82) is 0 Å². The number of thioether (sulfide) groups is 1. The molecule has 0 bridgehead atoms. The standard InChI is InChI=1S/C12H14O3S/c1-8-6-9(12(13)14-2)7-10-11(8)15-4-3-5-16-10/h6-7H,3-5H2,1-2H3. The Morgan fingerprint density at radius 3 is 3.06 bits per heavy atom. The van der Waals surface area contributed by atoms with Crippen LogP contribution < -0.4 is 4.74 Å². The number of carbonyl (C=O) groups excluding carboxylic acids is 1. The molecule has 1 heterocycles. The van der Waals surface area contributed by atoms with Gasteiger partial charge in [-0.25, -0.2) is 4.79 Å². The van der Waals surface area contributed by atoms with Gasteiger partial charge in [0.2, 0.25) is 0 Å². The van der Waals surface area contributed by atoms with Crippen molar-refractivity contribution in [2.45, 2.75) is 18.2 Å². The van der Waals surface area contributed by atoms with Crippen LogP contribution in [0.5, 0.6) is 5.75 Å². The Morgan fingerprint density at radius 1 is 1.50 bits per heavy atom. The second kappa shape index (κ2) is 4.78. The molecule has 4 heteroatoms. The zero-order valence-corrected chi connectivity index (χ0v) is 10.2. The van der Waals surface area contributed by atoms with Crippen molar-refractivity contribution in [3.8, 4) is 5.75 Å². The Balaban J connectivity index is 2.43. The molecule has 0 atom stereocenters. The molecule has 86 valence electrons. The fraction of sp³-hybridized carbons (Fsp3) is 0.417. The highest BCUT2D eigenvalue weighted by atomic mass is 32.2. The lowest BCUT2D eigenvalue weighted by atomic mass is 10.1. The van der Waals surface area contributed by atoms with E-state index in [9.17, 15) is 4.79 Å². The van der Waals surface area contributed by atoms with Crippen molar-refractivity contribution in [3.63, 3.8) is 0 Å². The number of rotatable bonds is 1. The molecular weight excluding hydrogens is 224 g/mol. The summed E-state index contributed by atoms with van der Waals surface area (Å²) in [6.07, 6.45) is 1.03. The second-order valence-corrected chi connectivity index (χ2v) is 4.80. The molecule has 0 N–H and O–H groups in total. The summed E-state index contributed by atoms with van der Waals surface area (Å²) in [6, 6.07) is 3.67. The number of esters is 1. The van der Waals surface area contributed by atoms with Gasteiger partial charge >= 0.3 is 5.97 Å². The maximum atomic E-state index is 11.5. The minimum absolute atomic E-state index is 0.296. The smallest absolute Gasteiger partial charge is 0.337 e. The van der Waals surface area contributed by atoms with Gasteiger partial charge in [-0.15, -0.1) is 11.8 Å². The van der Waals surface area contributed by atoms with Crippen molar-refractivity contribution in [3.05, 3.63) is 23.3 Å². The fourth-order valence-corrected chi connectivity index (χ4v) is 2.73. The predicted octanol–water partition coefficient (Wildman–Crippen LogP) is 2.66. The lowest BCUT2D eigenvalue weighted by molar-refractivity contribution is 0.0600. The largest absolute Gasteiger partial charge is 0.492 e. The molecule has 0 aromatic heterocycles. The summed E-state index contributed by atoms with van der Waals surface area (Å²) in [5.41, 5.74) is 1.59. The molecule has 1 aliphatic heterocycles. The zero-order chi connectivity index (χ0) is 11.5. The average molecular weight is 238 g/mol. The van der Waals surface area contributed by atoms with E-state index in [2.05, 4.69) is 0 Å². The first-order valence-corrected chi connectivity index (χ1v) is 6.19. The van der Waals surface area contributed by atoms with Crippen molar-refractivity contribution in [1.82, 2.24) is 0 Å². The highest BCUT2D eigenvalue weighted by molar-refractivity contribution is 7.99. The summed E-state index contributed by atoms with van der Waals surface area (Å²) in [7, 11) is 1.40. The molecule has 0 amide bonds. The van der Waals surface area contributed by atoms with Gasteiger partial charge < -0.3 is 9.47 Å². The first-order valence-electron chi connectivity index (χ1n) is 5.21. The summed E-state index contributed by atoms with van der Waals surface area (Å²) < 4.78 is 10.4. The Morgan fingerprint density at radius 2 is 2.31 bits per heavy atom. The third-order valence-electron chi connectivity index (χ3n) is 2.45. The van der Waals surface area contributed by atoms with Gasteiger partial charge in [0, 0.05) is 5.75 Å². The first kappa shape index (κ1) is 11.3. The predicted molar refractivity (Wildman–Crippen MR) is 63.4 cm³/mol. The van der Waals surface area contributed by atoms with Gasteiger partial charge in [-0.1, -0.05) is 0 Å². The third-order valence-corrected chi connectivity index (χ3v) is 3.56. The molecular formula is C12H14O3S. The number of carbonyl (C=O) groups is 1. The van der Waals surface area contributed by atoms with Gasteiger partial charge in [-0.05, 0) is 31.0 Å². The van der Waals surface area contributed by atoms with Crippen molar-refractivity contribution >= 4 is 17.7 Å². The van der Waals surface area contributed by atoms with E-state index in [4.69, 9.17) is 9.47 Å². The second-order valence-electron chi connectivity index (χ2n) is 3.66. The number of ether oxygens (including phenoxy) is 2. The van der Waals surface area contributed by atoms with E-state index in [1.807, 2.05) is 19.1 Å². The molecule has 0 aliphatic carbocycles. The third kappa shape index (κ3) is 2.16. The molecule has 1 aliphatic rings. The molecule has 0 saturated heterocycles. The van der Waals surface area contributed by atoms with E-state index in [0.29, 0.717) is 5.56 Å². The molecule has 0 spiro atoms. The Labute approximate surface area is 99.1 Å². The minimum Gasteiger partial charge on any atom is -0.492 e. The SMILES string of the molecule is COC(=O)c1cc(C)c2c(c1)SCCCO2. The van der Waals surface area contributed by atoms with Gasteiger partial charge in [0.25, 0.3) is 0 Å². The van der Waals surface area contributed by atoms with Crippen molar-refractivity contribution in [2.24, 2.45) is 0 Å². The number of fused-ring (bicyclic) bond motifs is 1. The normalized spacial score (nSPS) is 14.6. The van der Waals surface area contributed by atoms with E-state index in [0.717, 1.165) is 35.0 Å². The molecule has 2 rings (SSSR count). The summed E-state index contributed by atoms with van der Waals surface area (Å²) in [6.45, 7) is 2.70. The number of benzene rings is 1. The molecule has 0 radical (unpaired) electrons. The number of hydrogen-bond donors (Lipinski definition) is 0. The fourth-order valence-electron chi connectivity index (χ4n) is 1.68. The summed E-state index contributed by atoms with van der Waals surface area (Å²) >= 11 is 1.73. The Bertz CT molecular complexity index is 415. The maximum Gasteiger partial charge on any atom is 0.337 e. The van der Waals surface area contributed by atoms with Gasteiger partial charge in [0.05, 0.1) is 24.2 Å². The van der Waals surface area contributed by atoms with Crippen LogP contribution in [0.3, 0.4) is 0 Å². The Kier molecular flexibility index (Phi) is 3.39. The van der Waals surface area contributed by atoms with Crippen LogP contribution in [-0.4, -0.2) is 25.4 Å². The highest BCUT2D eigenvalue weighted by Crippen LogP contribution is 2.36. The van der Waals surface area contributed by atoms with Crippen molar-refractivity contribution < 1.29 is 14.3 Å². The van der Waals surface area contributed by atoms with Crippen LogP contribution in [0.1, 0.15) is 22.3 Å². The quantitative estimate of drug-likeness (QED) is 0.705. The van der Waals surface area contributed by atoms with Crippen LogP contribution in [0.2, 0.25) is 0 Å². The van der Waals surface area contributed by atoms with Crippen molar-refractivity contribution in [2.75, 3.05) is 19.5 Å². The van der Waals surface area contributed by atoms with Crippen LogP contribution in [0, 0.1) is 6.92 Å². The average Bonchev–Trinajstić information content (AvgIpc) is 2.53. The van der Waals surface area contributed by atoms with Crippen LogP contribution in [0.25, 0.3) is 0 Å². The number of hydrogen-bond acceptors (Lipinski definition) is 4. The minimum atomic E-state index is -0.296. The molecule has 0 fully saturated rings.